The fraction of sp³-hybridized carbons (Fsp3) is 0.444. The SMILES string of the molecule is CCOC(=O)c1cnn(-c2nc(C)nc3sc4c(c23)CCCCC4)c1N. The minimum Gasteiger partial charge on any atom is -0.462 e. The maximum absolute atomic E-state index is 12.1. The van der Waals surface area contributed by atoms with Crippen LogP contribution in [0.15, 0.2) is 6.20 Å². The van der Waals surface area contributed by atoms with Crippen LogP contribution in [0.25, 0.3) is 16.0 Å². The van der Waals surface area contributed by atoms with Crippen LogP contribution in [0.1, 0.15) is 52.8 Å². The van der Waals surface area contributed by atoms with E-state index in [9.17, 15) is 4.79 Å². The number of nitrogens with two attached hydrogens (primary N) is 1. The van der Waals surface area contributed by atoms with E-state index in [2.05, 4.69) is 15.1 Å². The van der Waals surface area contributed by atoms with Gasteiger partial charge in [0.2, 0.25) is 0 Å². The number of aryl methyl sites for hydroxylation is 3. The zero-order valence-electron chi connectivity index (χ0n) is 14.9. The summed E-state index contributed by atoms with van der Waals surface area (Å²) in [4.78, 5) is 23.7. The van der Waals surface area contributed by atoms with E-state index >= 15 is 0 Å². The Bertz CT molecular complexity index is 991. The molecule has 3 aromatic rings. The lowest BCUT2D eigenvalue weighted by atomic mass is 10.1. The lowest BCUT2D eigenvalue weighted by Crippen LogP contribution is -2.11. The summed E-state index contributed by atoms with van der Waals surface area (Å²) < 4.78 is 6.60. The summed E-state index contributed by atoms with van der Waals surface area (Å²) in [5, 5.41) is 5.35. The van der Waals surface area contributed by atoms with E-state index in [1.165, 1.54) is 29.5 Å². The lowest BCUT2D eigenvalue weighted by Gasteiger charge is -2.09. The van der Waals surface area contributed by atoms with Crippen LogP contribution in [0.5, 0.6) is 0 Å². The molecule has 0 fully saturated rings. The van der Waals surface area contributed by atoms with Crippen LogP contribution in [0.3, 0.4) is 0 Å². The Kier molecular flexibility index (Phi) is 4.36. The molecule has 0 atom stereocenters. The quantitative estimate of drug-likeness (QED) is 0.561. The topological polar surface area (TPSA) is 95.9 Å². The molecule has 2 N–H and O–H groups in total. The summed E-state index contributed by atoms with van der Waals surface area (Å²) in [7, 11) is 0. The predicted octanol–water partition coefficient (Wildman–Crippen LogP) is 3.21. The van der Waals surface area contributed by atoms with Crippen LogP contribution < -0.4 is 5.73 Å². The number of anilines is 1. The van der Waals surface area contributed by atoms with E-state index in [1.54, 1.807) is 22.9 Å². The molecule has 4 rings (SSSR count). The zero-order valence-corrected chi connectivity index (χ0v) is 15.7. The molecule has 0 saturated carbocycles. The van der Waals surface area contributed by atoms with Crippen molar-refractivity contribution < 1.29 is 9.53 Å². The van der Waals surface area contributed by atoms with Gasteiger partial charge in [-0.3, -0.25) is 0 Å². The Hall–Kier alpha value is -2.48. The molecule has 0 radical (unpaired) electrons. The van der Waals surface area contributed by atoms with Crippen LogP contribution in [0.2, 0.25) is 0 Å². The number of aromatic nitrogens is 4. The second kappa shape index (κ2) is 6.68. The number of thiophene rings is 1. The Labute approximate surface area is 155 Å². The smallest absolute Gasteiger partial charge is 0.343 e. The summed E-state index contributed by atoms with van der Waals surface area (Å²) in [6.07, 6.45) is 7.15. The van der Waals surface area contributed by atoms with E-state index in [-0.39, 0.29) is 11.4 Å². The van der Waals surface area contributed by atoms with Crippen molar-refractivity contribution in [2.24, 2.45) is 0 Å². The molecule has 136 valence electrons. The van der Waals surface area contributed by atoms with E-state index in [0.717, 1.165) is 29.5 Å². The van der Waals surface area contributed by atoms with Gasteiger partial charge < -0.3 is 10.5 Å². The van der Waals surface area contributed by atoms with Gasteiger partial charge >= 0.3 is 5.97 Å². The monoisotopic (exact) mass is 371 g/mol. The highest BCUT2D eigenvalue weighted by molar-refractivity contribution is 7.18. The molecular formula is C18H21N5O2S. The van der Waals surface area contributed by atoms with Gasteiger partial charge in [-0.2, -0.15) is 9.78 Å². The maximum Gasteiger partial charge on any atom is 0.343 e. The number of rotatable bonds is 3. The number of ether oxygens (including phenoxy) is 1. The molecule has 0 saturated heterocycles. The molecule has 0 unspecified atom stereocenters. The molecule has 1 aliphatic carbocycles. The molecular weight excluding hydrogens is 350 g/mol. The summed E-state index contributed by atoms with van der Waals surface area (Å²) in [5.74, 6) is 1.09. The highest BCUT2D eigenvalue weighted by Gasteiger charge is 2.24. The molecule has 26 heavy (non-hydrogen) atoms. The van der Waals surface area contributed by atoms with Gasteiger partial charge in [-0.05, 0) is 45.1 Å². The second-order valence-electron chi connectivity index (χ2n) is 6.41. The van der Waals surface area contributed by atoms with Crippen LogP contribution >= 0.6 is 11.3 Å². The highest BCUT2D eigenvalue weighted by Crippen LogP contribution is 2.37. The summed E-state index contributed by atoms with van der Waals surface area (Å²) in [6, 6.07) is 0. The maximum atomic E-state index is 12.1. The zero-order chi connectivity index (χ0) is 18.3. The molecule has 1 aliphatic rings. The molecule has 0 spiro atoms. The Morgan fingerprint density at radius 3 is 2.92 bits per heavy atom. The average molecular weight is 371 g/mol. The van der Waals surface area contributed by atoms with E-state index in [0.29, 0.717) is 18.2 Å². The van der Waals surface area contributed by atoms with Gasteiger partial charge in [0.1, 0.15) is 22.0 Å². The van der Waals surface area contributed by atoms with E-state index in [4.69, 9.17) is 10.5 Å². The van der Waals surface area contributed by atoms with Crippen molar-refractivity contribution >= 4 is 33.3 Å². The van der Waals surface area contributed by atoms with Gasteiger partial charge in [0.15, 0.2) is 5.82 Å². The molecule has 7 nitrogen and oxygen atoms in total. The molecule has 0 aromatic carbocycles. The lowest BCUT2D eigenvalue weighted by molar-refractivity contribution is 0.0527. The van der Waals surface area contributed by atoms with Crippen molar-refractivity contribution in [1.82, 2.24) is 19.7 Å². The molecule has 0 bridgehead atoms. The Morgan fingerprint density at radius 1 is 1.31 bits per heavy atom. The molecule has 8 heteroatoms. The van der Waals surface area contributed by atoms with Gasteiger partial charge in [-0.25, -0.2) is 14.8 Å². The van der Waals surface area contributed by atoms with Crippen molar-refractivity contribution in [2.45, 2.75) is 46.0 Å². The number of hydrogen-bond donors (Lipinski definition) is 1. The van der Waals surface area contributed by atoms with Crippen LogP contribution in [0, 0.1) is 6.92 Å². The standard InChI is InChI=1S/C18H21N5O2S/c1-3-25-18(24)12-9-20-23(15(12)19)16-14-11-7-5-4-6-8-13(11)26-17(14)22-10(2)21-16/h9H,3-8,19H2,1-2H3. The second-order valence-corrected chi connectivity index (χ2v) is 7.50. The number of fused-ring (bicyclic) bond motifs is 3. The number of carbonyl (C=O) groups excluding carboxylic acids is 1. The third-order valence-corrected chi connectivity index (χ3v) is 5.85. The number of hydrogen-bond acceptors (Lipinski definition) is 7. The van der Waals surface area contributed by atoms with Crippen LogP contribution in [-0.2, 0) is 17.6 Å². The van der Waals surface area contributed by atoms with Gasteiger partial charge in [0.25, 0.3) is 0 Å². The third-order valence-electron chi connectivity index (χ3n) is 4.66. The van der Waals surface area contributed by atoms with Gasteiger partial charge in [0.05, 0.1) is 18.2 Å². The highest BCUT2D eigenvalue weighted by atomic mass is 32.1. The van der Waals surface area contributed by atoms with E-state index in [1.807, 2.05) is 6.92 Å². The fourth-order valence-electron chi connectivity index (χ4n) is 3.46. The van der Waals surface area contributed by atoms with Gasteiger partial charge in [-0.1, -0.05) is 6.42 Å². The molecule has 0 aliphatic heterocycles. The molecule has 3 aromatic heterocycles. The Balaban J connectivity index is 1.92. The minimum atomic E-state index is -0.470. The number of nitrogens with zero attached hydrogens (tertiary/aromatic N) is 4. The summed E-state index contributed by atoms with van der Waals surface area (Å²) in [6.45, 7) is 3.91. The number of nitrogen functional groups attached to an aromatic ring is 1. The number of esters is 1. The van der Waals surface area contributed by atoms with Crippen molar-refractivity contribution in [3.63, 3.8) is 0 Å². The van der Waals surface area contributed by atoms with Gasteiger partial charge in [-0.15, -0.1) is 11.3 Å². The molecule has 3 heterocycles. The van der Waals surface area contributed by atoms with Crippen LogP contribution in [0.4, 0.5) is 5.82 Å². The van der Waals surface area contributed by atoms with Crippen molar-refractivity contribution in [3.05, 3.63) is 28.0 Å². The van der Waals surface area contributed by atoms with Crippen LogP contribution in [-0.4, -0.2) is 32.3 Å². The Morgan fingerprint density at radius 2 is 2.12 bits per heavy atom. The first-order valence-corrected chi connectivity index (χ1v) is 9.71. The first-order chi connectivity index (χ1) is 12.6. The predicted molar refractivity (Wildman–Crippen MR) is 101 cm³/mol. The van der Waals surface area contributed by atoms with E-state index < -0.39 is 5.97 Å². The van der Waals surface area contributed by atoms with Gasteiger partial charge in [0, 0.05) is 4.88 Å². The third kappa shape index (κ3) is 2.74. The summed E-state index contributed by atoms with van der Waals surface area (Å²) in [5.41, 5.74) is 7.80. The summed E-state index contributed by atoms with van der Waals surface area (Å²) >= 11 is 1.74. The van der Waals surface area contributed by atoms with Crippen molar-refractivity contribution in [3.8, 4) is 5.82 Å². The first kappa shape index (κ1) is 17.0. The number of carbonyl (C=O) groups is 1. The first-order valence-electron chi connectivity index (χ1n) is 8.90. The normalized spacial score (nSPS) is 14.2. The van der Waals surface area contributed by atoms with Crippen molar-refractivity contribution in [1.29, 1.82) is 0 Å². The fourth-order valence-corrected chi connectivity index (χ4v) is 4.77. The van der Waals surface area contributed by atoms with Crippen molar-refractivity contribution in [2.75, 3.05) is 12.3 Å². The minimum absolute atomic E-state index is 0.247. The average Bonchev–Trinajstić information content (AvgIpc) is 3.06. The molecule has 0 amide bonds. The largest absolute Gasteiger partial charge is 0.462 e.